The quantitative estimate of drug-likeness (QED) is 0.879. The Morgan fingerprint density at radius 1 is 1.43 bits per heavy atom. The van der Waals surface area contributed by atoms with Gasteiger partial charge in [0.1, 0.15) is 23.1 Å². The highest BCUT2D eigenvalue weighted by Gasteiger charge is 2.20. The number of carbonyl (C=O) groups excluding carboxylic acids is 1. The van der Waals surface area contributed by atoms with Crippen LogP contribution in [0.4, 0.5) is 5.69 Å². The van der Waals surface area contributed by atoms with Gasteiger partial charge in [-0.2, -0.15) is 0 Å². The fourth-order valence-corrected chi connectivity index (χ4v) is 2.71. The minimum Gasteiger partial charge on any atom is -0.474 e. The van der Waals surface area contributed by atoms with Crippen LogP contribution in [0.3, 0.4) is 0 Å². The number of rotatable bonds is 5. The third kappa shape index (κ3) is 3.50. The van der Waals surface area contributed by atoms with Crippen molar-refractivity contribution < 1.29 is 19.2 Å². The standard InChI is InChI=1S/C16H19N3O4/c1-10-15(13(9-20)19-23-10)16(21)18-11-6-7-14(17-8-11)22-12-4-2-3-5-12/h6-8,12,20H,2-5,9H2,1H3,(H,18,21). The lowest BCUT2D eigenvalue weighted by Gasteiger charge is -2.12. The maximum absolute atomic E-state index is 12.3. The summed E-state index contributed by atoms with van der Waals surface area (Å²) in [6.07, 6.45) is 6.32. The molecule has 0 aliphatic heterocycles. The molecule has 1 amide bonds. The van der Waals surface area contributed by atoms with Gasteiger partial charge in [-0.3, -0.25) is 4.79 Å². The van der Waals surface area contributed by atoms with E-state index in [0.29, 0.717) is 17.3 Å². The van der Waals surface area contributed by atoms with Crippen molar-refractivity contribution in [2.24, 2.45) is 0 Å². The van der Waals surface area contributed by atoms with Crippen molar-refractivity contribution in [1.29, 1.82) is 0 Å². The summed E-state index contributed by atoms with van der Waals surface area (Å²) < 4.78 is 10.7. The summed E-state index contributed by atoms with van der Waals surface area (Å²) >= 11 is 0. The fourth-order valence-electron chi connectivity index (χ4n) is 2.71. The zero-order chi connectivity index (χ0) is 16.2. The first-order chi connectivity index (χ1) is 11.2. The Labute approximate surface area is 133 Å². The van der Waals surface area contributed by atoms with E-state index in [-0.39, 0.29) is 29.9 Å². The van der Waals surface area contributed by atoms with Crippen LogP contribution in [-0.4, -0.2) is 27.3 Å². The normalized spacial score (nSPS) is 14.9. The molecule has 2 aromatic rings. The fraction of sp³-hybridized carbons (Fsp3) is 0.438. The summed E-state index contributed by atoms with van der Waals surface area (Å²) in [5, 5.41) is 15.5. The molecule has 23 heavy (non-hydrogen) atoms. The van der Waals surface area contributed by atoms with Crippen LogP contribution < -0.4 is 10.1 Å². The van der Waals surface area contributed by atoms with Gasteiger partial charge in [0.05, 0.1) is 18.5 Å². The predicted molar refractivity (Wildman–Crippen MR) is 82.2 cm³/mol. The van der Waals surface area contributed by atoms with Crippen LogP contribution in [0.2, 0.25) is 0 Å². The zero-order valence-electron chi connectivity index (χ0n) is 12.9. The monoisotopic (exact) mass is 317 g/mol. The number of pyridine rings is 1. The molecule has 122 valence electrons. The molecule has 0 radical (unpaired) electrons. The van der Waals surface area contributed by atoms with Gasteiger partial charge < -0.3 is 19.7 Å². The summed E-state index contributed by atoms with van der Waals surface area (Å²) in [6, 6.07) is 3.47. The number of aromatic nitrogens is 2. The first-order valence-electron chi connectivity index (χ1n) is 7.67. The Morgan fingerprint density at radius 2 is 2.22 bits per heavy atom. The molecule has 0 bridgehead atoms. The van der Waals surface area contributed by atoms with E-state index in [0.717, 1.165) is 12.8 Å². The highest BCUT2D eigenvalue weighted by molar-refractivity contribution is 6.05. The summed E-state index contributed by atoms with van der Waals surface area (Å²) in [6.45, 7) is 1.27. The lowest BCUT2D eigenvalue weighted by atomic mass is 10.2. The van der Waals surface area contributed by atoms with Crippen LogP contribution in [-0.2, 0) is 6.61 Å². The second-order valence-electron chi connectivity index (χ2n) is 5.58. The van der Waals surface area contributed by atoms with Gasteiger partial charge in [0.25, 0.3) is 5.91 Å². The highest BCUT2D eigenvalue weighted by Crippen LogP contribution is 2.23. The van der Waals surface area contributed by atoms with Gasteiger partial charge in [0.15, 0.2) is 0 Å². The van der Waals surface area contributed by atoms with Gasteiger partial charge in [-0.05, 0) is 38.7 Å². The van der Waals surface area contributed by atoms with E-state index in [1.54, 1.807) is 25.3 Å². The van der Waals surface area contributed by atoms with E-state index < -0.39 is 0 Å². The average molecular weight is 317 g/mol. The molecule has 7 nitrogen and oxygen atoms in total. The number of aryl methyl sites for hydroxylation is 1. The molecule has 2 heterocycles. The third-order valence-electron chi connectivity index (χ3n) is 3.89. The number of aliphatic hydroxyl groups is 1. The first kappa shape index (κ1) is 15.5. The van der Waals surface area contributed by atoms with Crippen LogP contribution in [0.15, 0.2) is 22.9 Å². The van der Waals surface area contributed by atoms with E-state index in [4.69, 9.17) is 9.26 Å². The summed E-state index contributed by atoms with van der Waals surface area (Å²) in [5.74, 6) is 0.534. The Morgan fingerprint density at radius 3 is 2.87 bits per heavy atom. The SMILES string of the molecule is Cc1onc(CO)c1C(=O)Nc1ccc(OC2CCCC2)nc1. The smallest absolute Gasteiger partial charge is 0.261 e. The zero-order valence-corrected chi connectivity index (χ0v) is 12.9. The molecule has 0 atom stereocenters. The van der Waals surface area contributed by atoms with Crippen molar-refractivity contribution in [3.05, 3.63) is 35.3 Å². The molecule has 1 aliphatic carbocycles. The van der Waals surface area contributed by atoms with Crippen molar-refractivity contribution in [3.63, 3.8) is 0 Å². The predicted octanol–water partition coefficient (Wildman–Crippen LogP) is 2.44. The van der Waals surface area contributed by atoms with Crippen LogP contribution in [0.1, 0.15) is 47.5 Å². The van der Waals surface area contributed by atoms with Crippen molar-refractivity contribution in [2.45, 2.75) is 45.3 Å². The van der Waals surface area contributed by atoms with Gasteiger partial charge >= 0.3 is 0 Å². The molecule has 2 N–H and O–H groups in total. The van der Waals surface area contributed by atoms with Crippen molar-refractivity contribution in [2.75, 3.05) is 5.32 Å². The number of carbonyl (C=O) groups is 1. The third-order valence-corrected chi connectivity index (χ3v) is 3.89. The highest BCUT2D eigenvalue weighted by atomic mass is 16.5. The molecule has 0 saturated heterocycles. The maximum Gasteiger partial charge on any atom is 0.261 e. The number of aliphatic hydroxyl groups excluding tert-OH is 1. The molecule has 2 aromatic heterocycles. The number of hydrogen-bond acceptors (Lipinski definition) is 6. The summed E-state index contributed by atoms with van der Waals surface area (Å²) in [5.41, 5.74) is 1.01. The van der Waals surface area contributed by atoms with Gasteiger partial charge in [0, 0.05) is 6.07 Å². The van der Waals surface area contributed by atoms with Gasteiger partial charge in [-0.1, -0.05) is 5.16 Å². The second-order valence-corrected chi connectivity index (χ2v) is 5.58. The maximum atomic E-state index is 12.3. The number of anilines is 1. The molecule has 3 rings (SSSR count). The van der Waals surface area contributed by atoms with Crippen molar-refractivity contribution in [3.8, 4) is 5.88 Å². The lowest BCUT2D eigenvalue weighted by molar-refractivity contribution is 0.102. The second kappa shape index (κ2) is 6.78. The Bertz CT molecular complexity index is 675. The molecular weight excluding hydrogens is 298 g/mol. The minimum absolute atomic E-state index is 0.217. The molecule has 1 saturated carbocycles. The van der Waals surface area contributed by atoms with Gasteiger partial charge in [0.2, 0.25) is 5.88 Å². The van der Waals surface area contributed by atoms with E-state index in [2.05, 4.69) is 15.5 Å². The Balaban J connectivity index is 1.65. The number of nitrogens with one attached hydrogen (secondary N) is 1. The first-order valence-corrected chi connectivity index (χ1v) is 7.67. The number of ether oxygens (including phenoxy) is 1. The van der Waals surface area contributed by atoms with Crippen LogP contribution in [0.5, 0.6) is 5.88 Å². The van der Waals surface area contributed by atoms with E-state index >= 15 is 0 Å². The molecule has 0 aromatic carbocycles. The topological polar surface area (TPSA) is 97.5 Å². The average Bonchev–Trinajstić information content (AvgIpc) is 3.18. The number of amides is 1. The largest absolute Gasteiger partial charge is 0.474 e. The van der Waals surface area contributed by atoms with E-state index in [1.807, 2.05) is 0 Å². The van der Waals surface area contributed by atoms with Crippen molar-refractivity contribution in [1.82, 2.24) is 10.1 Å². The molecule has 1 aliphatic rings. The Kier molecular flexibility index (Phi) is 4.57. The van der Waals surface area contributed by atoms with Crippen molar-refractivity contribution >= 4 is 11.6 Å². The van der Waals surface area contributed by atoms with E-state index in [9.17, 15) is 9.90 Å². The van der Waals surface area contributed by atoms with Crippen LogP contribution in [0, 0.1) is 6.92 Å². The Hall–Kier alpha value is -2.41. The summed E-state index contributed by atoms with van der Waals surface area (Å²) in [7, 11) is 0. The van der Waals surface area contributed by atoms with Gasteiger partial charge in [-0.15, -0.1) is 0 Å². The number of nitrogens with zero attached hydrogens (tertiary/aromatic N) is 2. The molecule has 7 heteroatoms. The molecule has 0 unspecified atom stereocenters. The van der Waals surface area contributed by atoms with E-state index in [1.165, 1.54) is 12.8 Å². The lowest BCUT2D eigenvalue weighted by Crippen LogP contribution is -2.15. The molecule has 0 spiro atoms. The van der Waals surface area contributed by atoms with Gasteiger partial charge in [-0.25, -0.2) is 4.98 Å². The van der Waals surface area contributed by atoms with Crippen LogP contribution >= 0.6 is 0 Å². The molecular formula is C16H19N3O4. The minimum atomic E-state index is -0.390. The number of hydrogen-bond donors (Lipinski definition) is 2. The van der Waals surface area contributed by atoms with Crippen LogP contribution in [0.25, 0.3) is 0 Å². The summed E-state index contributed by atoms with van der Waals surface area (Å²) in [4.78, 5) is 16.5. The molecule has 1 fully saturated rings.